The first kappa shape index (κ1) is 68.3. The number of amides is 6. The quantitative estimate of drug-likeness (QED) is 0.0418. The van der Waals surface area contributed by atoms with E-state index in [-0.39, 0.29) is 93.7 Å². The van der Waals surface area contributed by atoms with Gasteiger partial charge in [0, 0.05) is 58.7 Å². The van der Waals surface area contributed by atoms with Crippen molar-refractivity contribution in [2.24, 2.45) is 17.8 Å². The van der Waals surface area contributed by atoms with Gasteiger partial charge >= 0.3 is 5.97 Å². The lowest BCUT2D eigenvalue weighted by atomic mass is 9.89. The standard InChI is InChI=1S/C56H90N6O16S/c1-11-39(4)50(44(71-9)37-48(66)61-22-15-18-43(61)51(72-10)40(5)52(79)57-42(54(68)69)36-41-16-13-12-14-17-41)60(8)53(67)49(38(2)3)58-55(70)56(6,7)59-45(63)21-24-73-26-28-75-30-32-77-34-35-78-33-31-76-29-27-74-25-23-62-46(64)19-20-47(62)65/h12-14,16-17,19-20,38-40,42-44,49-51H,11,15,18,21-37H2,1-10H3,(H,57,79)(H,58,70)(H,59,63)(H,68,69). The zero-order valence-electron chi connectivity index (χ0n) is 48.2. The number of nitrogens with zero attached hydrogens (tertiary/aromatic N) is 3. The van der Waals surface area contributed by atoms with Crippen molar-refractivity contribution >= 4 is 58.6 Å². The van der Waals surface area contributed by atoms with Gasteiger partial charge in [-0.2, -0.15) is 0 Å². The first-order chi connectivity index (χ1) is 37.7. The fourth-order valence-corrected chi connectivity index (χ4v) is 9.63. The SMILES string of the molecule is CCC(C)C(C(CC(=O)N1CCCC1C(OC)C(C)C(=S)NC(Cc1ccccc1)C(=O)O)OC)N(C)C(=O)C(NC(=O)C(C)(C)NC(=O)CCOCCOCCOCCOCCOCCOCCN1C(=O)C=CC1=O)C(C)C. The number of methoxy groups -OCH3 is 2. The first-order valence-electron chi connectivity index (χ1n) is 27.5. The molecule has 2 aliphatic heterocycles. The summed E-state index contributed by atoms with van der Waals surface area (Å²) in [5.74, 6) is -4.12. The van der Waals surface area contributed by atoms with E-state index < -0.39 is 59.6 Å². The maximum atomic E-state index is 14.5. The van der Waals surface area contributed by atoms with Gasteiger partial charge in [0.1, 0.15) is 17.6 Å². The minimum absolute atomic E-state index is 0.0126. The van der Waals surface area contributed by atoms with Gasteiger partial charge in [-0.1, -0.05) is 83.6 Å². The summed E-state index contributed by atoms with van der Waals surface area (Å²) in [4.78, 5) is 95.8. The Kier molecular flexibility index (Phi) is 31.5. The Morgan fingerprint density at radius 3 is 1.81 bits per heavy atom. The van der Waals surface area contributed by atoms with Gasteiger partial charge in [-0.05, 0) is 44.1 Å². The van der Waals surface area contributed by atoms with Gasteiger partial charge in [0.25, 0.3) is 11.8 Å². The predicted molar refractivity (Wildman–Crippen MR) is 298 cm³/mol. The Bertz CT molecular complexity index is 2080. The Balaban J connectivity index is 1.40. The van der Waals surface area contributed by atoms with Gasteiger partial charge in [0.05, 0.1) is 122 Å². The van der Waals surface area contributed by atoms with E-state index in [1.165, 1.54) is 19.3 Å². The smallest absolute Gasteiger partial charge is 0.326 e. The molecule has 0 aromatic heterocycles. The van der Waals surface area contributed by atoms with Crippen LogP contribution in [0.4, 0.5) is 0 Å². The zero-order valence-corrected chi connectivity index (χ0v) is 49.0. The number of ether oxygens (including phenoxy) is 8. The Morgan fingerprint density at radius 2 is 1.32 bits per heavy atom. The number of carbonyl (C=O) groups is 7. The molecule has 0 radical (unpaired) electrons. The van der Waals surface area contributed by atoms with Crippen LogP contribution < -0.4 is 16.0 Å². The second-order valence-electron chi connectivity index (χ2n) is 20.6. The van der Waals surface area contributed by atoms with E-state index in [1.54, 1.807) is 37.8 Å². The van der Waals surface area contributed by atoms with Crippen LogP contribution in [0.1, 0.15) is 86.1 Å². The van der Waals surface area contributed by atoms with Crippen molar-refractivity contribution in [1.29, 1.82) is 0 Å². The molecule has 1 fully saturated rings. The Hall–Kier alpha value is -4.98. The average Bonchev–Trinajstić information content (AvgIpc) is 4.06. The van der Waals surface area contributed by atoms with Crippen molar-refractivity contribution in [2.75, 3.05) is 114 Å². The molecular formula is C56H90N6O16S. The number of carboxylic acids is 1. The van der Waals surface area contributed by atoms with Crippen LogP contribution in [-0.4, -0.2) is 222 Å². The van der Waals surface area contributed by atoms with Gasteiger partial charge in [0.15, 0.2) is 0 Å². The zero-order chi connectivity index (χ0) is 58.5. The minimum atomic E-state index is -1.39. The lowest BCUT2D eigenvalue weighted by Crippen LogP contribution is -2.62. The highest BCUT2D eigenvalue weighted by molar-refractivity contribution is 7.80. The topological polar surface area (TPSA) is 259 Å². The summed E-state index contributed by atoms with van der Waals surface area (Å²) >= 11 is 5.77. The summed E-state index contributed by atoms with van der Waals surface area (Å²) in [7, 11) is 4.74. The number of benzene rings is 1. The molecule has 446 valence electrons. The summed E-state index contributed by atoms with van der Waals surface area (Å²) in [6.45, 7) is 17.1. The van der Waals surface area contributed by atoms with Crippen LogP contribution in [0.5, 0.6) is 0 Å². The van der Waals surface area contributed by atoms with Gasteiger partial charge in [-0.25, -0.2) is 4.79 Å². The third kappa shape index (κ3) is 23.2. The number of carboxylic acid groups (broad SMARTS) is 1. The number of nitrogens with one attached hydrogen (secondary N) is 3. The summed E-state index contributed by atoms with van der Waals surface area (Å²) in [6.07, 6.45) is 3.44. The van der Waals surface area contributed by atoms with Crippen molar-refractivity contribution in [3.05, 3.63) is 48.0 Å². The summed E-state index contributed by atoms with van der Waals surface area (Å²) in [5.41, 5.74) is -0.535. The summed E-state index contributed by atoms with van der Waals surface area (Å²) in [5, 5.41) is 18.7. The monoisotopic (exact) mass is 1130 g/mol. The van der Waals surface area contributed by atoms with Crippen molar-refractivity contribution in [1.82, 2.24) is 30.7 Å². The van der Waals surface area contributed by atoms with E-state index in [4.69, 9.17) is 50.1 Å². The van der Waals surface area contributed by atoms with Crippen LogP contribution in [0.3, 0.4) is 0 Å². The maximum Gasteiger partial charge on any atom is 0.326 e. The molecule has 1 aromatic rings. The molecular weight excluding hydrogens is 1040 g/mol. The lowest BCUT2D eigenvalue weighted by Gasteiger charge is -2.41. The number of rotatable bonds is 41. The van der Waals surface area contributed by atoms with E-state index in [0.717, 1.165) is 16.9 Å². The third-order valence-electron chi connectivity index (χ3n) is 14.1. The molecule has 23 heteroatoms. The van der Waals surface area contributed by atoms with Gasteiger partial charge in [-0.15, -0.1) is 0 Å². The fourth-order valence-electron chi connectivity index (χ4n) is 9.36. The van der Waals surface area contributed by atoms with Crippen molar-refractivity contribution in [3.63, 3.8) is 0 Å². The molecule has 0 spiro atoms. The molecule has 0 bridgehead atoms. The van der Waals surface area contributed by atoms with Crippen LogP contribution in [0.25, 0.3) is 0 Å². The predicted octanol–water partition coefficient (Wildman–Crippen LogP) is 2.97. The number of likely N-dealkylation sites (N-methyl/N-ethyl adjacent to an activating group) is 1. The number of thiocarbonyl (C=S) groups is 1. The maximum absolute atomic E-state index is 14.5. The second-order valence-corrected chi connectivity index (χ2v) is 21.1. The third-order valence-corrected chi connectivity index (χ3v) is 14.6. The van der Waals surface area contributed by atoms with Crippen LogP contribution >= 0.6 is 12.2 Å². The van der Waals surface area contributed by atoms with E-state index in [2.05, 4.69) is 16.0 Å². The number of likely N-dealkylation sites (tertiary alicyclic amines) is 1. The highest BCUT2D eigenvalue weighted by Gasteiger charge is 2.43. The molecule has 8 atom stereocenters. The number of aliphatic carboxylic acids is 1. The molecule has 2 aliphatic rings. The molecule has 0 aliphatic carbocycles. The molecule has 0 saturated carbocycles. The number of imide groups is 1. The highest BCUT2D eigenvalue weighted by Crippen LogP contribution is 2.30. The molecule has 8 unspecified atom stereocenters. The molecule has 4 N–H and O–H groups in total. The van der Waals surface area contributed by atoms with Crippen molar-refractivity contribution in [2.45, 2.75) is 129 Å². The molecule has 6 amide bonds. The molecule has 3 rings (SSSR count). The number of hydrogen-bond donors (Lipinski definition) is 4. The van der Waals surface area contributed by atoms with Crippen molar-refractivity contribution < 1.29 is 76.6 Å². The Labute approximate surface area is 472 Å². The second kappa shape index (κ2) is 36.4. The highest BCUT2D eigenvalue weighted by atomic mass is 32.1. The van der Waals surface area contributed by atoms with E-state index >= 15 is 0 Å². The van der Waals surface area contributed by atoms with E-state index in [1.807, 2.05) is 65.0 Å². The molecule has 2 heterocycles. The van der Waals surface area contributed by atoms with Crippen LogP contribution in [-0.2, 0) is 77.9 Å². The largest absolute Gasteiger partial charge is 0.480 e. The van der Waals surface area contributed by atoms with E-state index in [9.17, 15) is 38.7 Å². The number of carbonyl (C=O) groups excluding carboxylic acids is 6. The molecule has 1 saturated heterocycles. The summed E-state index contributed by atoms with van der Waals surface area (Å²) in [6, 6.07) is 6.45. The van der Waals surface area contributed by atoms with Crippen LogP contribution in [0, 0.1) is 17.8 Å². The van der Waals surface area contributed by atoms with E-state index in [0.29, 0.717) is 77.2 Å². The molecule has 79 heavy (non-hydrogen) atoms. The van der Waals surface area contributed by atoms with Gasteiger partial charge < -0.3 is 68.8 Å². The van der Waals surface area contributed by atoms with Crippen molar-refractivity contribution in [3.8, 4) is 0 Å². The lowest BCUT2D eigenvalue weighted by molar-refractivity contribution is -0.147. The van der Waals surface area contributed by atoms with Crippen LogP contribution in [0.2, 0.25) is 0 Å². The first-order valence-corrected chi connectivity index (χ1v) is 27.9. The van der Waals surface area contributed by atoms with Gasteiger partial charge in [0.2, 0.25) is 23.6 Å². The molecule has 22 nitrogen and oxygen atoms in total. The average molecular weight is 1140 g/mol. The van der Waals surface area contributed by atoms with Crippen LogP contribution in [0.15, 0.2) is 42.5 Å². The van der Waals surface area contributed by atoms with Gasteiger partial charge in [-0.3, -0.25) is 33.7 Å². The number of hydrogen-bond acceptors (Lipinski definition) is 16. The summed E-state index contributed by atoms with van der Waals surface area (Å²) < 4.78 is 45.0. The minimum Gasteiger partial charge on any atom is -0.480 e. The normalized spacial score (nSPS) is 17.3. The Morgan fingerprint density at radius 1 is 0.785 bits per heavy atom. The fraction of sp³-hybridized carbons (Fsp3) is 0.714. The molecule has 1 aromatic carbocycles.